The van der Waals surface area contributed by atoms with E-state index in [0.717, 1.165) is 5.56 Å². The Morgan fingerprint density at radius 1 is 1.24 bits per heavy atom. The lowest BCUT2D eigenvalue weighted by molar-refractivity contribution is -0.119. The number of carbonyl (C=O) groups is 3. The fourth-order valence-corrected chi connectivity index (χ4v) is 2.02. The SMILES string of the molecule is C[C@@H](NC(=O)c1ccccc1CCN(C)C(=O)OC(C)(C)C)C(N)=O. The number of benzene rings is 1. The van der Waals surface area contributed by atoms with Crippen molar-refractivity contribution in [2.45, 2.75) is 45.8 Å². The predicted octanol–water partition coefficient (Wildman–Crippen LogP) is 1.70. The molecular weight excluding hydrogens is 322 g/mol. The van der Waals surface area contributed by atoms with Gasteiger partial charge in [0.1, 0.15) is 11.6 Å². The smallest absolute Gasteiger partial charge is 0.410 e. The van der Waals surface area contributed by atoms with E-state index in [4.69, 9.17) is 10.5 Å². The standard InChI is InChI=1S/C18H27N3O4/c1-12(15(19)22)20-16(23)14-9-7-6-8-13(14)10-11-21(5)17(24)25-18(2,3)4/h6-9,12H,10-11H2,1-5H3,(H2,19,22)(H,20,23)/t12-/m1/s1. The molecule has 1 rings (SSSR count). The van der Waals surface area contributed by atoms with Crippen LogP contribution in [0.25, 0.3) is 0 Å². The maximum absolute atomic E-state index is 12.3. The molecule has 0 unspecified atom stereocenters. The molecule has 0 saturated heterocycles. The molecule has 1 aromatic carbocycles. The molecule has 0 saturated carbocycles. The minimum atomic E-state index is -0.759. The van der Waals surface area contributed by atoms with Crippen molar-refractivity contribution in [3.63, 3.8) is 0 Å². The lowest BCUT2D eigenvalue weighted by Crippen LogP contribution is -2.42. The number of rotatable bonds is 6. The van der Waals surface area contributed by atoms with Gasteiger partial charge in [0, 0.05) is 19.2 Å². The van der Waals surface area contributed by atoms with E-state index >= 15 is 0 Å². The van der Waals surface area contributed by atoms with E-state index < -0.39 is 23.6 Å². The normalized spacial score (nSPS) is 12.2. The first-order chi connectivity index (χ1) is 11.5. The molecule has 0 aromatic heterocycles. The van der Waals surface area contributed by atoms with E-state index in [1.165, 1.54) is 11.8 Å². The number of amides is 3. The van der Waals surface area contributed by atoms with E-state index in [2.05, 4.69) is 5.32 Å². The Kier molecular flexibility index (Phi) is 6.97. The van der Waals surface area contributed by atoms with Gasteiger partial charge in [-0.1, -0.05) is 18.2 Å². The Morgan fingerprint density at radius 3 is 2.40 bits per heavy atom. The first-order valence-electron chi connectivity index (χ1n) is 8.13. The molecule has 0 heterocycles. The number of carbonyl (C=O) groups excluding carboxylic acids is 3. The van der Waals surface area contributed by atoms with Crippen molar-refractivity contribution in [2.75, 3.05) is 13.6 Å². The van der Waals surface area contributed by atoms with Gasteiger partial charge in [0.05, 0.1) is 0 Å². The second-order valence-corrected chi connectivity index (χ2v) is 6.91. The summed E-state index contributed by atoms with van der Waals surface area (Å²) in [4.78, 5) is 36.9. The minimum absolute atomic E-state index is 0.373. The molecule has 0 spiro atoms. The Bertz CT molecular complexity index is 637. The highest BCUT2D eigenvalue weighted by atomic mass is 16.6. The quantitative estimate of drug-likeness (QED) is 0.816. The lowest BCUT2D eigenvalue weighted by Gasteiger charge is -2.24. The van der Waals surface area contributed by atoms with Crippen LogP contribution in [0, 0.1) is 0 Å². The maximum atomic E-state index is 12.3. The minimum Gasteiger partial charge on any atom is -0.444 e. The number of primary amides is 1. The van der Waals surface area contributed by atoms with Crippen molar-refractivity contribution in [2.24, 2.45) is 5.73 Å². The molecule has 3 amide bonds. The highest BCUT2D eigenvalue weighted by Gasteiger charge is 2.20. The average Bonchev–Trinajstić information content (AvgIpc) is 2.50. The molecule has 0 bridgehead atoms. The predicted molar refractivity (Wildman–Crippen MR) is 95.1 cm³/mol. The van der Waals surface area contributed by atoms with Gasteiger partial charge in [0.15, 0.2) is 0 Å². The van der Waals surface area contributed by atoms with Crippen LogP contribution in [0.5, 0.6) is 0 Å². The summed E-state index contributed by atoms with van der Waals surface area (Å²) in [6, 6.07) is 6.28. The third kappa shape index (κ3) is 6.82. The molecule has 0 aliphatic heterocycles. The molecule has 0 aliphatic rings. The van der Waals surface area contributed by atoms with Gasteiger partial charge >= 0.3 is 6.09 Å². The fourth-order valence-electron chi connectivity index (χ4n) is 2.02. The number of nitrogens with two attached hydrogens (primary N) is 1. The van der Waals surface area contributed by atoms with Crippen molar-refractivity contribution in [1.29, 1.82) is 0 Å². The zero-order valence-electron chi connectivity index (χ0n) is 15.5. The van der Waals surface area contributed by atoms with E-state index in [1.807, 2.05) is 12.1 Å². The summed E-state index contributed by atoms with van der Waals surface area (Å²) in [5, 5.41) is 2.56. The Balaban J connectivity index is 2.76. The molecular formula is C18H27N3O4. The zero-order valence-corrected chi connectivity index (χ0v) is 15.5. The highest BCUT2D eigenvalue weighted by molar-refractivity contribution is 5.98. The Hall–Kier alpha value is -2.57. The summed E-state index contributed by atoms with van der Waals surface area (Å²) >= 11 is 0. The van der Waals surface area contributed by atoms with E-state index in [9.17, 15) is 14.4 Å². The first kappa shape index (κ1) is 20.5. The third-order valence-electron chi connectivity index (χ3n) is 3.46. The van der Waals surface area contributed by atoms with Crippen LogP contribution in [0.4, 0.5) is 4.79 Å². The summed E-state index contributed by atoms with van der Waals surface area (Å²) in [5.41, 5.74) is 5.83. The van der Waals surface area contributed by atoms with Gasteiger partial charge < -0.3 is 20.7 Å². The van der Waals surface area contributed by atoms with Crippen LogP contribution in [-0.2, 0) is 16.0 Å². The van der Waals surface area contributed by atoms with Crippen LogP contribution >= 0.6 is 0 Å². The molecule has 7 heteroatoms. The van der Waals surface area contributed by atoms with Crippen molar-refractivity contribution in [3.05, 3.63) is 35.4 Å². The highest BCUT2D eigenvalue weighted by Crippen LogP contribution is 2.12. The van der Waals surface area contributed by atoms with Gasteiger partial charge in [-0.25, -0.2) is 4.79 Å². The second-order valence-electron chi connectivity index (χ2n) is 6.91. The third-order valence-corrected chi connectivity index (χ3v) is 3.46. The lowest BCUT2D eigenvalue weighted by atomic mass is 10.0. The zero-order chi connectivity index (χ0) is 19.2. The van der Waals surface area contributed by atoms with Crippen molar-refractivity contribution in [1.82, 2.24) is 10.2 Å². The first-order valence-corrected chi connectivity index (χ1v) is 8.13. The molecule has 25 heavy (non-hydrogen) atoms. The van der Waals surface area contributed by atoms with Crippen LogP contribution < -0.4 is 11.1 Å². The molecule has 3 N–H and O–H groups in total. The molecule has 1 atom stereocenters. The number of hydrogen-bond donors (Lipinski definition) is 2. The summed E-state index contributed by atoms with van der Waals surface area (Å²) in [6.45, 7) is 7.33. The topological polar surface area (TPSA) is 102 Å². The number of ether oxygens (including phenoxy) is 1. The summed E-state index contributed by atoms with van der Waals surface area (Å²) < 4.78 is 5.30. The van der Waals surface area contributed by atoms with Gasteiger partial charge in [-0.05, 0) is 45.7 Å². The van der Waals surface area contributed by atoms with Crippen LogP contribution in [0.2, 0.25) is 0 Å². The fraction of sp³-hybridized carbons (Fsp3) is 0.500. The van der Waals surface area contributed by atoms with Crippen LogP contribution in [-0.4, -0.2) is 48.0 Å². The summed E-state index contributed by atoms with van der Waals surface area (Å²) in [7, 11) is 1.64. The summed E-state index contributed by atoms with van der Waals surface area (Å²) in [6.07, 6.45) is 0.0568. The molecule has 0 fully saturated rings. The Morgan fingerprint density at radius 2 is 1.84 bits per heavy atom. The van der Waals surface area contributed by atoms with Gasteiger partial charge in [0.25, 0.3) is 5.91 Å². The number of likely N-dealkylation sites (N-methyl/N-ethyl adjacent to an activating group) is 1. The average molecular weight is 349 g/mol. The molecule has 138 valence electrons. The van der Waals surface area contributed by atoms with Crippen molar-refractivity contribution in [3.8, 4) is 0 Å². The van der Waals surface area contributed by atoms with Crippen molar-refractivity contribution < 1.29 is 19.1 Å². The monoisotopic (exact) mass is 349 g/mol. The van der Waals surface area contributed by atoms with E-state index in [-0.39, 0.29) is 5.91 Å². The molecule has 1 aromatic rings. The van der Waals surface area contributed by atoms with Crippen LogP contribution in [0.3, 0.4) is 0 Å². The van der Waals surface area contributed by atoms with E-state index in [0.29, 0.717) is 18.5 Å². The van der Waals surface area contributed by atoms with Gasteiger partial charge in [0.2, 0.25) is 5.91 Å². The van der Waals surface area contributed by atoms with Crippen LogP contribution in [0.15, 0.2) is 24.3 Å². The van der Waals surface area contributed by atoms with Gasteiger partial charge in [-0.15, -0.1) is 0 Å². The Labute approximate surface area is 148 Å². The number of hydrogen-bond acceptors (Lipinski definition) is 4. The molecule has 0 aliphatic carbocycles. The second kappa shape index (κ2) is 8.50. The largest absolute Gasteiger partial charge is 0.444 e. The number of nitrogens with zero attached hydrogens (tertiary/aromatic N) is 1. The van der Waals surface area contributed by atoms with Gasteiger partial charge in [-0.2, -0.15) is 0 Å². The molecule has 0 radical (unpaired) electrons. The maximum Gasteiger partial charge on any atom is 0.410 e. The summed E-state index contributed by atoms with van der Waals surface area (Å²) in [5.74, 6) is -0.975. The number of nitrogens with one attached hydrogen (secondary N) is 1. The van der Waals surface area contributed by atoms with Crippen molar-refractivity contribution >= 4 is 17.9 Å². The molecule has 7 nitrogen and oxygen atoms in total. The van der Waals surface area contributed by atoms with E-state index in [1.54, 1.807) is 40.0 Å². The van der Waals surface area contributed by atoms with Crippen LogP contribution in [0.1, 0.15) is 43.6 Å². The van der Waals surface area contributed by atoms with Gasteiger partial charge in [-0.3, -0.25) is 9.59 Å².